The molecule has 0 spiro atoms. The zero-order chi connectivity index (χ0) is 23.7. The molecule has 8 nitrogen and oxygen atoms in total. The average molecular weight is 464 g/mol. The highest BCUT2D eigenvalue weighted by Gasteiger charge is 2.40. The van der Waals surface area contributed by atoms with E-state index >= 15 is 0 Å². The third-order valence-corrected chi connectivity index (χ3v) is 7.06. The van der Waals surface area contributed by atoms with Crippen LogP contribution in [0.3, 0.4) is 0 Å². The van der Waals surface area contributed by atoms with Crippen LogP contribution in [0.4, 0.5) is 5.82 Å². The van der Waals surface area contributed by atoms with Crippen molar-refractivity contribution in [2.75, 3.05) is 37.7 Å². The Labute approximate surface area is 201 Å². The molecule has 3 heterocycles. The molecule has 2 aliphatic heterocycles. The monoisotopic (exact) mass is 463 g/mol. The summed E-state index contributed by atoms with van der Waals surface area (Å²) in [5, 5.41) is 0. The van der Waals surface area contributed by atoms with E-state index in [9.17, 15) is 4.79 Å². The van der Waals surface area contributed by atoms with Crippen LogP contribution in [0.5, 0.6) is 5.75 Å². The van der Waals surface area contributed by atoms with Crippen molar-refractivity contribution in [3.05, 3.63) is 47.4 Å². The number of aromatic nitrogens is 2. The Morgan fingerprint density at radius 1 is 1.15 bits per heavy atom. The van der Waals surface area contributed by atoms with Crippen LogP contribution in [0.2, 0.25) is 0 Å². The minimum atomic E-state index is -0.0115. The first-order valence-electron chi connectivity index (χ1n) is 12.2. The number of ether oxygens (including phenoxy) is 2. The number of aldehydes is 1. The predicted octanol–water partition coefficient (Wildman–Crippen LogP) is 2.87. The number of fused-ring (bicyclic) bond motifs is 1. The van der Waals surface area contributed by atoms with Crippen LogP contribution < -0.4 is 9.64 Å². The van der Waals surface area contributed by atoms with Crippen LogP contribution in [-0.4, -0.2) is 77.4 Å². The Bertz CT molecular complexity index is 1070. The number of benzene rings is 1. The Hall–Kier alpha value is -2.84. The molecule has 1 aromatic carbocycles. The Balaban J connectivity index is 1.30. The summed E-state index contributed by atoms with van der Waals surface area (Å²) in [6.45, 7) is 10.6. The number of carbonyl (C=O) groups excluding carboxylic acids is 1. The first-order valence-corrected chi connectivity index (χ1v) is 12.2. The number of piperazine rings is 1. The van der Waals surface area contributed by atoms with Crippen LogP contribution in [0.25, 0.3) is 0 Å². The molecule has 1 aliphatic carbocycles. The summed E-state index contributed by atoms with van der Waals surface area (Å²) in [5.74, 6) is 1.83. The Morgan fingerprint density at radius 3 is 2.68 bits per heavy atom. The van der Waals surface area contributed by atoms with Gasteiger partial charge in [-0.15, -0.1) is 0 Å². The van der Waals surface area contributed by atoms with E-state index in [1.165, 1.54) is 5.56 Å². The van der Waals surface area contributed by atoms with E-state index in [-0.39, 0.29) is 12.2 Å². The van der Waals surface area contributed by atoms with E-state index in [1.807, 2.05) is 0 Å². The standard InChI is InChI=1S/C26H33N5O3/c1-18-15-30(16-19(2)31(18)8-10-33-11-9-32)24-13-23(28-17-29-24)25-22-12-21(34-26(3)6-7-26)5-4-20(22)14-27-25/h4-5,9,12-13,17-19H,6-8,10-11,14-16H2,1-3H3/t18-,19+. The number of hydrogen-bond donors (Lipinski definition) is 0. The van der Waals surface area contributed by atoms with Crippen molar-refractivity contribution in [2.45, 2.75) is 57.8 Å². The molecule has 2 aromatic rings. The molecule has 0 unspecified atom stereocenters. The van der Waals surface area contributed by atoms with Crippen molar-refractivity contribution in [1.29, 1.82) is 0 Å². The number of rotatable bonds is 9. The van der Waals surface area contributed by atoms with Crippen LogP contribution >= 0.6 is 0 Å². The van der Waals surface area contributed by atoms with Gasteiger partial charge >= 0.3 is 0 Å². The van der Waals surface area contributed by atoms with Crippen molar-refractivity contribution in [3.8, 4) is 5.75 Å². The molecule has 34 heavy (non-hydrogen) atoms. The Morgan fingerprint density at radius 2 is 1.94 bits per heavy atom. The van der Waals surface area contributed by atoms with E-state index in [0.717, 1.165) is 67.3 Å². The lowest BCUT2D eigenvalue weighted by molar-refractivity contribution is -0.112. The topological polar surface area (TPSA) is 80.2 Å². The van der Waals surface area contributed by atoms with Gasteiger partial charge in [-0.3, -0.25) is 9.89 Å². The molecular formula is C26H33N5O3. The van der Waals surface area contributed by atoms with Crippen LogP contribution in [0.15, 0.2) is 35.6 Å². The summed E-state index contributed by atoms with van der Waals surface area (Å²) < 4.78 is 11.6. The molecule has 0 radical (unpaired) electrons. The minimum Gasteiger partial charge on any atom is -0.488 e. The maximum atomic E-state index is 10.5. The summed E-state index contributed by atoms with van der Waals surface area (Å²) in [6.07, 6.45) is 4.66. The highest BCUT2D eigenvalue weighted by molar-refractivity contribution is 6.14. The molecule has 0 N–H and O–H groups in total. The van der Waals surface area contributed by atoms with Gasteiger partial charge in [-0.25, -0.2) is 9.97 Å². The summed E-state index contributed by atoms with van der Waals surface area (Å²) in [7, 11) is 0. The first-order chi connectivity index (χ1) is 16.5. The van der Waals surface area contributed by atoms with Gasteiger partial charge in [-0.1, -0.05) is 6.07 Å². The smallest absolute Gasteiger partial charge is 0.145 e. The van der Waals surface area contributed by atoms with Gasteiger partial charge in [0.05, 0.1) is 24.6 Å². The number of carbonyl (C=O) groups is 1. The van der Waals surface area contributed by atoms with Gasteiger partial charge in [-0.2, -0.15) is 0 Å². The van der Waals surface area contributed by atoms with Crippen molar-refractivity contribution < 1.29 is 14.3 Å². The van der Waals surface area contributed by atoms with Gasteiger partial charge in [0, 0.05) is 43.3 Å². The van der Waals surface area contributed by atoms with Gasteiger partial charge in [0.2, 0.25) is 0 Å². The molecule has 0 amide bonds. The van der Waals surface area contributed by atoms with Crippen LogP contribution in [0.1, 0.15) is 50.4 Å². The fraction of sp³-hybridized carbons (Fsp3) is 0.538. The molecule has 1 saturated carbocycles. The van der Waals surface area contributed by atoms with Crippen LogP contribution in [0, 0.1) is 0 Å². The van der Waals surface area contributed by atoms with Gasteiger partial charge in [0.15, 0.2) is 0 Å². The lowest BCUT2D eigenvalue weighted by Crippen LogP contribution is -2.57. The molecule has 3 aliphatic rings. The average Bonchev–Trinajstić information content (AvgIpc) is 3.40. The van der Waals surface area contributed by atoms with Crippen molar-refractivity contribution in [1.82, 2.24) is 14.9 Å². The minimum absolute atomic E-state index is 0.0115. The van der Waals surface area contributed by atoms with Gasteiger partial charge in [0.1, 0.15) is 36.4 Å². The highest BCUT2D eigenvalue weighted by atomic mass is 16.5. The van der Waals surface area contributed by atoms with E-state index in [2.05, 4.69) is 64.8 Å². The quantitative estimate of drug-likeness (QED) is 0.418. The molecule has 180 valence electrons. The fourth-order valence-electron chi connectivity index (χ4n) is 4.94. The number of nitrogens with zero attached hydrogens (tertiary/aromatic N) is 5. The molecule has 2 fully saturated rings. The fourth-order valence-corrected chi connectivity index (χ4v) is 4.94. The van der Waals surface area contributed by atoms with Crippen LogP contribution in [-0.2, 0) is 16.1 Å². The Kier molecular flexibility index (Phi) is 6.36. The molecular weight excluding hydrogens is 430 g/mol. The van der Waals surface area contributed by atoms with Gasteiger partial charge in [-0.05, 0) is 51.3 Å². The largest absolute Gasteiger partial charge is 0.488 e. The molecule has 5 rings (SSSR count). The van der Waals surface area contributed by atoms with Crippen molar-refractivity contribution in [2.24, 2.45) is 4.99 Å². The van der Waals surface area contributed by atoms with E-state index < -0.39 is 0 Å². The first kappa shape index (κ1) is 22.9. The molecule has 2 atom stereocenters. The molecule has 8 heteroatoms. The van der Waals surface area contributed by atoms with Crippen molar-refractivity contribution >= 4 is 17.8 Å². The summed E-state index contributed by atoms with van der Waals surface area (Å²) in [5.41, 5.74) is 4.06. The van der Waals surface area contributed by atoms with E-state index in [4.69, 9.17) is 14.5 Å². The highest BCUT2D eigenvalue weighted by Crippen LogP contribution is 2.40. The zero-order valence-electron chi connectivity index (χ0n) is 20.2. The van der Waals surface area contributed by atoms with E-state index in [1.54, 1.807) is 6.33 Å². The summed E-state index contributed by atoms with van der Waals surface area (Å²) in [6, 6.07) is 9.04. The molecule has 0 bridgehead atoms. The SMILES string of the molecule is C[C@@H]1CN(c2cc(C3=NCc4ccc(OC5(C)CC5)cc43)ncn2)C[C@H](C)N1CCOCC=O. The number of anilines is 1. The summed E-state index contributed by atoms with van der Waals surface area (Å²) in [4.78, 5) is 29.2. The second-order valence-electron chi connectivity index (χ2n) is 9.88. The lowest BCUT2D eigenvalue weighted by atomic mass is 10.0. The number of hydrogen-bond acceptors (Lipinski definition) is 8. The summed E-state index contributed by atoms with van der Waals surface area (Å²) >= 11 is 0. The second kappa shape index (κ2) is 9.43. The van der Waals surface area contributed by atoms with Gasteiger partial charge < -0.3 is 19.2 Å². The van der Waals surface area contributed by atoms with Crippen molar-refractivity contribution in [3.63, 3.8) is 0 Å². The maximum absolute atomic E-state index is 10.5. The van der Waals surface area contributed by atoms with E-state index in [0.29, 0.717) is 25.2 Å². The zero-order valence-corrected chi connectivity index (χ0v) is 20.2. The third kappa shape index (κ3) is 4.83. The van der Waals surface area contributed by atoms with Gasteiger partial charge in [0.25, 0.3) is 0 Å². The lowest BCUT2D eigenvalue weighted by Gasteiger charge is -2.44. The maximum Gasteiger partial charge on any atom is 0.145 e. The molecule has 1 saturated heterocycles. The third-order valence-electron chi connectivity index (χ3n) is 7.06. The molecule has 1 aromatic heterocycles. The predicted molar refractivity (Wildman–Crippen MR) is 131 cm³/mol. The normalized spacial score (nSPS) is 23.4. The second-order valence-corrected chi connectivity index (χ2v) is 9.88. The number of aliphatic imine (C=N–C) groups is 1.